The highest BCUT2D eigenvalue weighted by Gasteiger charge is 2.27. The third-order valence-corrected chi connectivity index (χ3v) is 8.32. The summed E-state index contributed by atoms with van der Waals surface area (Å²) in [5.74, 6) is 1.19. The van der Waals surface area contributed by atoms with Crippen LogP contribution >= 0.6 is 10.6 Å². The number of nitrogens with two attached hydrogens (primary N) is 1. The molecule has 2 aromatic carbocycles. The van der Waals surface area contributed by atoms with Crippen LogP contribution in [0.1, 0.15) is 24.0 Å². The van der Waals surface area contributed by atoms with Gasteiger partial charge in [-0.3, -0.25) is 9.11 Å². The lowest BCUT2D eigenvalue weighted by molar-refractivity contribution is 0.488. The minimum Gasteiger partial charge on any atom is -0.371 e. The van der Waals surface area contributed by atoms with Crippen molar-refractivity contribution in [3.8, 4) is 0 Å². The maximum absolute atomic E-state index is 10.7. The number of anilines is 2. The second-order valence-electron chi connectivity index (χ2n) is 8.74. The van der Waals surface area contributed by atoms with E-state index in [2.05, 4.69) is 41.0 Å². The first kappa shape index (κ1) is 20.6. The zero-order chi connectivity index (χ0) is 21.6. The highest BCUT2D eigenvalue weighted by atomic mass is 32.3. The molecule has 0 atom stereocenters. The van der Waals surface area contributed by atoms with Crippen LogP contribution < -0.4 is 15.5 Å². The molecule has 7 heteroatoms. The van der Waals surface area contributed by atoms with Crippen LogP contribution in [-0.4, -0.2) is 45.5 Å². The minimum atomic E-state index is -2.80. The number of hydrogen-bond donors (Lipinski definition) is 3. The number of aryl methyl sites for hydroxylation is 1. The number of nitrogens with zero attached hydrogens (tertiary/aromatic N) is 3. The predicted molar refractivity (Wildman–Crippen MR) is 129 cm³/mol. The number of fused-ring (bicyclic) bond motifs is 2. The fraction of sp³-hybridized carbons (Fsp3) is 0.375. The van der Waals surface area contributed by atoms with E-state index >= 15 is 0 Å². The van der Waals surface area contributed by atoms with Crippen LogP contribution in [0.3, 0.4) is 0 Å². The van der Waals surface area contributed by atoms with E-state index < -0.39 is 10.6 Å². The second kappa shape index (κ2) is 7.98. The van der Waals surface area contributed by atoms with Gasteiger partial charge in [0.25, 0.3) is 0 Å². The highest BCUT2D eigenvalue weighted by molar-refractivity contribution is 8.24. The molecule has 2 aliphatic heterocycles. The molecule has 6 nitrogen and oxygen atoms in total. The Morgan fingerprint density at radius 2 is 1.77 bits per heavy atom. The van der Waals surface area contributed by atoms with Crippen molar-refractivity contribution in [2.24, 2.45) is 5.73 Å². The number of benzene rings is 2. The first-order chi connectivity index (χ1) is 14.9. The van der Waals surface area contributed by atoms with E-state index in [1.54, 1.807) is 0 Å². The summed E-state index contributed by atoms with van der Waals surface area (Å²) in [4.78, 5) is 10.3. The van der Waals surface area contributed by atoms with E-state index in [-0.39, 0.29) is 6.04 Å². The van der Waals surface area contributed by atoms with Gasteiger partial charge < -0.3 is 15.5 Å². The number of hydrogen-bond acceptors (Lipinski definition) is 6. The Morgan fingerprint density at radius 3 is 2.58 bits per heavy atom. The van der Waals surface area contributed by atoms with E-state index in [0.717, 1.165) is 42.8 Å². The zero-order valence-corrected chi connectivity index (χ0v) is 18.7. The first-order valence-corrected chi connectivity index (χ1v) is 12.6. The smallest absolute Gasteiger partial charge is 0.131 e. The quantitative estimate of drug-likeness (QED) is 0.542. The van der Waals surface area contributed by atoms with Gasteiger partial charge in [-0.1, -0.05) is 29.8 Å². The zero-order valence-electron chi connectivity index (χ0n) is 17.9. The topological polar surface area (TPSA) is 85.9 Å². The standard InChI is InChI=1S/C24H30N4O2S/c1-17-6-7-21-20(14-17)22(27-10-8-19(25)9-11-27)15-24(26-21)28-12-13-31(29,30)23-5-3-2-4-18(23)16-28/h2-7,14-15,19,29-30H,8-13,16,25H2,1H3. The van der Waals surface area contributed by atoms with Gasteiger partial charge in [-0.05, 0) is 43.5 Å². The van der Waals surface area contributed by atoms with Gasteiger partial charge >= 0.3 is 0 Å². The van der Waals surface area contributed by atoms with Crippen molar-refractivity contribution < 1.29 is 9.11 Å². The number of aromatic nitrogens is 1. The summed E-state index contributed by atoms with van der Waals surface area (Å²) < 4.78 is 21.5. The van der Waals surface area contributed by atoms with E-state index in [9.17, 15) is 9.11 Å². The fourth-order valence-electron chi connectivity index (χ4n) is 4.65. The lowest BCUT2D eigenvalue weighted by atomic mass is 10.0. The Morgan fingerprint density at radius 1 is 1.00 bits per heavy atom. The maximum Gasteiger partial charge on any atom is 0.131 e. The summed E-state index contributed by atoms with van der Waals surface area (Å²) in [5.41, 5.74) is 10.5. The molecular formula is C24H30N4O2S. The fourth-order valence-corrected chi connectivity index (χ4v) is 6.20. The highest BCUT2D eigenvalue weighted by Crippen LogP contribution is 2.51. The van der Waals surface area contributed by atoms with Crippen molar-refractivity contribution >= 4 is 33.0 Å². The molecule has 0 aliphatic carbocycles. The molecule has 31 heavy (non-hydrogen) atoms. The Balaban J connectivity index is 1.58. The Bertz CT molecular complexity index is 1110. The van der Waals surface area contributed by atoms with Crippen molar-refractivity contribution in [2.45, 2.75) is 37.2 Å². The molecule has 0 amide bonds. The largest absolute Gasteiger partial charge is 0.371 e. The average Bonchev–Trinajstić information content (AvgIpc) is 2.90. The molecule has 3 aromatic rings. The van der Waals surface area contributed by atoms with Crippen LogP contribution in [0.2, 0.25) is 0 Å². The summed E-state index contributed by atoms with van der Waals surface area (Å²) in [6.45, 7) is 5.15. The van der Waals surface area contributed by atoms with Crippen LogP contribution in [0.15, 0.2) is 53.4 Å². The molecule has 0 saturated carbocycles. The van der Waals surface area contributed by atoms with Crippen LogP contribution in [-0.2, 0) is 6.54 Å². The molecule has 164 valence electrons. The normalized spacial score (nSPS) is 20.4. The molecule has 1 fully saturated rings. The predicted octanol–water partition coefficient (Wildman–Crippen LogP) is 4.60. The molecular weight excluding hydrogens is 408 g/mol. The van der Waals surface area contributed by atoms with Gasteiger partial charge in [-0.25, -0.2) is 4.98 Å². The van der Waals surface area contributed by atoms with Gasteiger partial charge in [0.05, 0.1) is 16.2 Å². The molecule has 1 aromatic heterocycles. The molecule has 2 aliphatic rings. The Kier molecular flexibility index (Phi) is 5.30. The summed E-state index contributed by atoms with van der Waals surface area (Å²) in [7, 11) is -2.80. The molecule has 4 N–H and O–H groups in total. The molecule has 3 heterocycles. The lowest BCUT2D eigenvalue weighted by Gasteiger charge is -2.34. The third-order valence-electron chi connectivity index (χ3n) is 6.46. The molecule has 0 radical (unpaired) electrons. The lowest BCUT2D eigenvalue weighted by Crippen LogP contribution is -2.40. The molecule has 1 saturated heterocycles. The second-order valence-corrected chi connectivity index (χ2v) is 10.9. The summed E-state index contributed by atoms with van der Waals surface area (Å²) in [6.07, 6.45) is 1.98. The molecule has 0 spiro atoms. The van der Waals surface area contributed by atoms with Crippen LogP contribution in [0.5, 0.6) is 0 Å². The van der Waals surface area contributed by atoms with Crippen LogP contribution in [0.4, 0.5) is 11.5 Å². The van der Waals surface area contributed by atoms with E-state index in [0.29, 0.717) is 23.7 Å². The van der Waals surface area contributed by atoms with Gasteiger partial charge in [0.15, 0.2) is 0 Å². The summed E-state index contributed by atoms with van der Waals surface area (Å²) >= 11 is 0. The van der Waals surface area contributed by atoms with Crippen molar-refractivity contribution in [3.05, 3.63) is 59.7 Å². The van der Waals surface area contributed by atoms with Gasteiger partial charge in [-0.2, -0.15) is 10.6 Å². The maximum atomic E-state index is 10.7. The van der Waals surface area contributed by atoms with E-state index in [4.69, 9.17) is 10.7 Å². The minimum absolute atomic E-state index is 0.276. The van der Waals surface area contributed by atoms with Gasteiger partial charge in [0.2, 0.25) is 0 Å². The molecule has 0 unspecified atom stereocenters. The van der Waals surface area contributed by atoms with Crippen molar-refractivity contribution in [1.82, 2.24) is 4.98 Å². The number of rotatable bonds is 2. The van der Waals surface area contributed by atoms with Gasteiger partial charge in [0.1, 0.15) is 5.82 Å². The molecule has 0 bridgehead atoms. The van der Waals surface area contributed by atoms with Crippen LogP contribution in [0.25, 0.3) is 10.9 Å². The van der Waals surface area contributed by atoms with E-state index in [1.807, 2.05) is 24.3 Å². The number of pyridine rings is 1. The average molecular weight is 439 g/mol. The van der Waals surface area contributed by atoms with Crippen molar-refractivity contribution in [1.29, 1.82) is 0 Å². The summed E-state index contributed by atoms with van der Waals surface area (Å²) in [5, 5.41) is 1.17. The van der Waals surface area contributed by atoms with Crippen molar-refractivity contribution in [2.75, 3.05) is 35.2 Å². The number of piperidine rings is 1. The van der Waals surface area contributed by atoms with Crippen LogP contribution in [0, 0.1) is 6.92 Å². The van der Waals surface area contributed by atoms with Gasteiger partial charge in [-0.15, -0.1) is 0 Å². The first-order valence-electron chi connectivity index (χ1n) is 10.9. The SMILES string of the molecule is Cc1ccc2nc(N3CCS(O)(O)c4ccccc4C3)cc(N3CCC(N)CC3)c2c1. The third kappa shape index (κ3) is 3.99. The Hall–Kier alpha value is -2.32. The summed E-state index contributed by atoms with van der Waals surface area (Å²) in [6, 6.07) is 16.5. The van der Waals surface area contributed by atoms with Crippen molar-refractivity contribution in [3.63, 3.8) is 0 Å². The molecule has 5 rings (SSSR count). The van der Waals surface area contributed by atoms with Gasteiger partial charge in [0, 0.05) is 49.4 Å². The Labute approximate surface area is 185 Å². The monoisotopic (exact) mass is 438 g/mol. The van der Waals surface area contributed by atoms with E-state index in [1.165, 1.54) is 16.6 Å².